The fourth-order valence-electron chi connectivity index (χ4n) is 2.24. The molecule has 2 N–H and O–H groups in total. The minimum Gasteiger partial charge on any atom is -0.504 e. The number of ether oxygens (including phenoxy) is 1. The molecule has 2 aromatic rings. The van der Waals surface area contributed by atoms with Gasteiger partial charge >= 0.3 is 0 Å². The fraction of sp³-hybridized carbons (Fsp3) is 0.294. The van der Waals surface area contributed by atoms with E-state index in [0.29, 0.717) is 12.3 Å². The van der Waals surface area contributed by atoms with Crippen LogP contribution in [0.1, 0.15) is 11.1 Å². The molecule has 0 heterocycles. The van der Waals surface area contributed by atoms with Gasteiger partial charge in [0.25, 0.3) is 0 Å². The molecular weight excluding hydrogens is 264 g/mol. The summed E-state index contributed by atoms with van der Waals surface area (Å²) in [5.74, 6) is 0.688. The van der Waals surface area contributed by atoms with Crippen LogP contribution in [0.2, 0.25) is 0 Å². The molecule has 0 amide bonds. The van der Waals surface area contributed by atoms with Crippen molar-refractivity contribution in [2.24, 2.45) is 0 Å². The molecule has 0 aliphatic heterocycles. The van der Waals surface area contributed by atoms with Crippen molar-refractivity contribution in [3.63, 3.8) is 0 Å². The van der Waals surface area contributed by atoms with Crippen LogP contribution in [0.5, 0.6) is 11.5 Å². The lowest BCUT2D eigenvalue weighted by molar-refractivity contribution is 0.371. The first-order valence-electron chi connectivity index (χ1n) is 6.93. The van der Waals surface area contributed by atoms with Crippen molar-refractivity contribution in [2.45, 2.75) is 13.1 Å². The summed E-state index contributed by atoms with van der Waals surface area (Å²) in [6, 6.07) is 13.7. The van der Waals surface area contributed by atoms with Crippen LogP contribution in [0.4, 0.5) is 5.69 Å². The Balaban J connectivity index is 2.13. The summed E-state index contributed by atoms with van der Waals surface area (Å²) in [4.78, 5) is 2.13. The van der Waals surface area contributed by atoms with Gasteiger partial charge in [0, 0.05) is 24.3 Å². The summed E-state index contributed by atoms with van der Waals surface area (Å²) < 4.78 is 5.13. The molecule has 0 saturated heterocycles. The number of methoxy groups -OCH3 is 1. The van der Waals surface area contributed by atoms with Crippen molar-refractivity contribution < 1.29 is 9.84 Å². The van der Waals surface area contributed by atoms with E-state index in [0.717, 1.165) is 17.8 Å². The first-order chi connectivity index (χ1) is 10.1. The maximum Gasteiger partial charge on any atom is 0.162 e. The highest BCUT2D eigenvalue weighted by Crippen LogP contribution is 2.30. The molecule has 0 aromatic heterocycles. The number of phenolic OH excluding ortho intramolecular Hbond substituents is 1. The van der Waals surface area contributed by atoms with Crippen molar-refractivity contribution in [3.05, 3.63) is 53.6 Å². The summed E-state index contributed by atoms with van der Waals surface area (Å²) in [5, 5.41) is 13.5. The Kier molecular flexibility index (Phi) is 5.06. The predicted octanol–water partition coefficient (Wildman–Crippen LogP) is 3.07. The average molecular weight is 286 g/mol. The number of phenols is 1. The lowest BCUT2D eigenvalue weighted by atomic mass is 10.1. The molecule has 0 unspecified atom stereocenters. The largest absolute Gasteiger partial charge is 0.504 e. The second kappa shape index (κ2) is 6.99. The number of anilines is 1. The minimum absolute atomic E-state index is 0.192. The molecule has 0 spiro atoms. The molecule has 4 heteroatoms. The highest BCUT2D eigenvalue weighted by molar-refractivity contribution is 5.53. The second-order valence-corrected chi connectivity index (χ2v) is 5.22. The van der Waals surface area contributed by atoms with E-state index in [9.17, 15) is 5.11 Å². The fourth-order valence-corrected chi connectivity index (χ4v) is 2.24. The van der Waals surface area contributed by atoms with Crippen LogP contribution in [0.25, 0.3) is 0 Å². The Morgan fingerprint density at radius 2 is 1.76 bits per heavy atom. The van der Waals surface area contributed by atoms with Crippen LogP contribution in [-0.2, 0) is 13.1 Å². The van der Waals surface area contributed by atoms with Crippen molar-refractivity contribution in [3.8, 4) is 11.5 Å². The molecule has 0 radical (unpaired) electrons. The number of benzene rings is 2. The maximum atomic E-state index is 10.1. The number of para-hydroxylation sites is 2. The van der Waals surface area contributed by atoms with E-state index in [-0.39, 0.29) is 5.75 Å². The van der Waals surface area contributed by atoms with E-state index in [4.69, 9.17) is 4.74 Å². The molecule has 2 aromatic carbocycles. The summed E-state index contributed by atoms with van der Waals surface area (Å²) in [6.45, 7) is 1.42. The zero-order valence-electron chi connectivity index (χ0n) is 12.8. The lowest BCUT2D eigenvalue weighted by Gasteiger charge is -2.16. The Morgan fingerprint density at radius 3 is 2.48 bits per heavy atom. The number of hydrogen-bond acceptors (Lipinski definition) is 4. The Bertz CT molecular complexity index is 597. The van der Waals surface area contributed by atoms with Gasteiger partial charge in [-0.25, -0.2) is 0 Å². The van der Waals surface area contributed by atoms with Crippen LogP contribution in [0.3, 0.4) is 0 Å². The molecule has 0 bridgehead atoms. The molecule has 2 rings (SSSR count). The first kappa shape index (κ1) is 15.2. The van der Waals surface area contributed by atoms with Crippen molar-refractivity contribution in [2.75, 3.05) is 26.5 Å². The molecule has 0 aliphatic carbocycles. The Labute approximate surface area is 126 Å². The van der Waals surface area contributed by atoms with Gasteiger partial charge in [-0.1, -0.05) is 30.3 Å². The van der Waals surface area contributed by atoms with Crippen LogP contribution >= 0.6 is 0 Å². The average Bonchev–Trinajstić information content (AvgIpc) is 2.47. The smallest absolute Gasteiger partial charge is 0.162 e. The zero-order valence-corrected chi connectivity index (χ0v) is 12.8. The van der Waals surface area contributed by atoms with Crippen molar-refractivity contribution in [1.82, 2.24) is 4.90 Å². The van der Waals surface area contributed by atoms with Gasteiger partial charge in [-0.3, -0.25) is 0 Å². The van der Waals surface area contributed by atoms with E-state index in [1.54, 1.807) is 13.2 Å². The molecule has 0 fully saturated rings. The van der Waals surface area contributed by atoms with Gasteiger partial charge in [-0.15, -0.1) is 0 Å². The number of rotatable bonds is 6. The van der Waals surface area contributed by atoms with Crippen LogP contribution < -0.4 is 10.1 Å². The molecular formula is C17H22N2O2. The number of nitrogens with zero attached hydrogens (tertiary/aromatic N) is 1. The minimum atomic E-state index is 0.192. The monoisotopic (exact) mass is 286 g/mol. The first-order valence-corrected chi connectivity index (χ1v) is 6.93. The van der Waals surface area contributed by atoms with Gasteiger partial charge in [0.2, 0.25) is 0 Å². The third-order valence-corrected chi connectivity index (χ3v) is 3.28. The quantitative estimate of drug-likeness (QED) is 0.856. The SMILES string of the molecule is COc1cccc(CNc2ccccc2CN(C)C)c1O. The summed E-state index contributed by atoms with van der Waals surface area (Å²) in [5.41, 5.74) is 3.12. The molecule has 112 valence electrons. The van der Waals surface area contributed by atoms with E-state index in [1.807, 2.05) is 38.4 Å². The number of aromatic hydroxyl groups is 1. The number of nitrogens with one attached hydrogen (secondary N) is 1. The van der Waals surface area contributed by atoms with Crippen molar-refractivity contribution >= 4 is 5.69 Å². The summed E-state index contributed by atoms with van der Waals surface area (Å²) in [6.07, 6.45) is 0. The highest BCUT2D eigenvalue weighted by atomic mass is 16.5. The van der Waals surface area contributed by atoms with Gasteiger partial charge in [-0.05, 0) is 31.8 Å². The summed E-state index contributed by atoms with van der Waals surface area (Å²) in [7, 11) is 5.65. The number of hydrogen-bond donors (Lipinski definition) is 2. The summed E-state index contributed by atoms with van der Waals surface area (Å²) >= 11 is 0. The Morgan fingerprint density at radius 1 is 1.05 bits per heavy atom. The van der Waals surface area contributed by atoms with Gasteiger partial charge in [0.1, 0.15) is 0 Å². The topological polar surface area (TPSA) is 44.7 Å². The van der Waals surface area contributed by atoms with Crippen molar-refractivity contribution in [1.29, 1.82) is 0 Å². The molecule has 4 nitrogen and oxygen atoms in total. The van der Waals surface area contributed by atoms with Crippen LogP contribution in [0.15, 0.2) is 42.5 Å². The van der Waals surface area contributed by atoms with E-state index in [1.165, 1.54) is 5.56 Å². The second-order valence-electron chi connectivity index (χ2n) is 5.22. The van der Waals surface area contributed by atoms with Gasteiger partial charge in [0.05, 0.1) is 7.11 Å². The van der Waals surface area contributed by atoms with Gasteiger partial charge in [0.15, 0.2) is 11.5 Å². The third-order valence-electron chi connectivity index (χ3n) is 3.28. The normalized spacial score (nSPS) is 10.7. The molecule has 0 aliphatic rings. The predicted molar refractivity (Wildman–Crippen MR) is 85.8 cm³/mol. The maximum absolute atomic E-state index is 10.1. The van der Waals surface area contributed by atoms with Crippen LogP contribution in [0, 0.1) is 0 Å². The molecule has 0 saturated carbocycles. The van der Waals surface area contributed by atoms with Gasteiger partial charge < -0.3 is 20.1 Å². The van der Waals surface area contributed by atoms with E-state index >= 15 is 0 Å². The van der Waals surface area contributed by atoms with E-state index in [2.05, 4.69) is 22.3 Å². The van der Waals surface area contributed by atoms with Gasteiger partial charge in [-0.2, -0.15) is 0 Å². The standard InChI is InChI=1S/C17H22N2O2/c1-19(2)12-14-7-4-5-9-15(14)18-11-13-8-6-10-16(21-3)17(13)20/h4-10,18,20H,11-12H2,1-3H3. The highest BCUT2D eigenvalue weighted by Gasteiger charge is 2.08. The third kappa shape index (κ3) is 3.89. The lowest BCUT2D eigenvalue weighted by Crippen LogP contribution is -2.12. The zero-order chi connectivity index (χ0) is 15.2. The molecule has 21 heavy (non-hydrogen) atoms. The van der Waals surface area contributed by atoms with E-state index < -0.39 is 0 Å². The Hall–Kier alpha value is -2.20. The molecule has 0 atom stereocenters. The van der Waals surface area contributed by atoms with Crippen LogP contribution in [-0.4, -0.2) is 31.2 Å².